The van der Waals surface area contributed by atoms with Crippen LogP contribution < -0.4 is 4.90 Å². The summed E-state index contributed by atoms with van der Waals surface area (Å²) in [5.41, 5.74) is 0.256. The van der Waals surface area contributed by atoms with Crippen LogP contribution in [0.4, 0.5) is 5.69 Å². The summed E-state index contributed by atoms with van der Waals surface area (Å²) in [5.74, 6) is -1.52. The van der Waals surface area contributed by atoms with Crippen LogP contribution in [-0.4, -0.2) is 79.9 Å². The van der Waals surface area contributed by atoms with Crippen molar-refractivity contribution in [3.63, 3.8) is 0 Å². The fourth-order valence-corrected chi connectivity index (χ4v) is 10.4. The van der Waals surface area contributed by atoms with E-state index >= 15 is 0 Å². The Labute approximate surface area is 256 Å². The third-order valence-electron chi connectivity index (χ3n) is 9.25. The molecule has 42 heavy (non-hydrogen) atoms. The van der Waals surface area contributed by atoms with Crippen molar-refractivity contribution in [2.24, 2.45) is 17.3 Å². The Morgan fingerprint density at radius 1 is 1.07 bits per heavy atom. The van der Waals surface area contributed by atoms with Gasteiger partial charge in [0, 0.05) is 42.2 Å². The molecule has 3 aliphatic rings. The van der Waals surface area contributed by atoms with Crippen LogP contribution in [0.15, 0.2) is 55.6 Å². The van der Waals surface area contributed by atoms with Crippen LogP contribution in [-0.2, 0) is 14.4 Å². The van der Waals surface area contributed by atoms with Gasteiger partial charge in [0.05, 0.1) is 16.6 Å². The summed E-state index contributed by atoms with van der Waals surface area (Å²) < 4.78 is -1.19. The lowest BCUT2D eigenvalue weighted by molar-refractivity contribution is -0.146. The number of anilines is 1. The number of aliphatic hydroxyl groups is 1. The van der Waals surface area contributed by atoms with Gasteiger partial charge in [0.15, 0.2) is 0 Å². The molecule has 4 rings (SSSR count). The number of fused-ring (bicyclic) bond motifs is 1. The van der Waals surface area contributed by atoms with Gasteiger partial charge in [-0.3, -0.25) is 14.4 Å². The largest absolute Gasteiger partial charge is 0.396 e. The number of benzene rings is 1. The number of nitrogens with zero attached hydrogens (tertiary/aromatic N) is 3. The molecule has 2 bridgehead atoms. The number of hydrogen-bond donors (Lipinski definition) is 1. The van der Waals surface area contributed by atoms with Crippen molar-refractivity contribution in [1.82, 2.24) is 9.80 Å². The Morgan fingerprint density at radius 3 is 2.29 bits per heavy atom. The van der Waals surface area contributed by atoms with E-state index in [0.29, 0.717) is 25.9 Å². The molecule has 0 aliphatic carbocycles. The Bertz CT molecular complexity index is 1210. The number of thioether (sulfide) groups is 1. The Balaban J connectivity index is 1.80. The highest BCUT2D eigenvalue weighted by atomic mass is 32.2. The van der Waals surface area contributed by atoms with E-state index in [-0.39, 0.29) is 36.3 Å². The summed E-state index contributed by atoms with van der Waals surface area (Å²) in [4.78, 5) is 49.2. The van der Waals surface area contributed by atoms with Crippen LogP contribution in [0.2, 0.25) is 0 Å². The molecule has 3 saturated heterocycles. The normalized spacial score (nSPS) is 28.5. The van der Waals surface area contributed by atoms with Gasteiger partial charge in [-0.15, -0.1) is 24.9 Å². The molecule has 5 atom stereocenters. The molecule has 1 spiro atoms. The number of rotatable bonds is 12. The average molecular weight is 596 g/mol. The number of carbonyl (C=O) groups is 3. The summed E-state index contributed by atoms with van der Waals surface area (Å²) in [6.07, 6.45) is 6.05. The summed E-state index contributed by atoms with van der Waals surface area (Å²) >= 11 is 1.68. The van der Waals surface area contributed by atoms with E-state index < -0.39 is 32.9 Å². The fourth-order valence-electron chi connectivity index (χ4n) is 8.10. The molecule has 3 amide bonds. The van der Waals surface area contributed by atoms with E-state index in [1.165, 1.54) is 0 Å². The van der Waals surface area contributed by atoms with Crippen molar-refractivity contribution in [3.8, 4) is 0 Å². The van der Waals surface area contributed by atoms with E-state index in [4.69, 9.17) is 0 Å². The van der Waals surface area contributed by atoms with Gasteiger partial charge in [-0.1, -0.05) is 51.1 Å². The quantitative estimate of drug-likeness (QED) is 0.332. The molecule has 3 aliphatic heterocycles. The Kier molecular flexibility index (Phi) is 9.11. The number of carbonyl (C=O) groups excluding carboxylic acids is 3. The van der Waals surface area contributed by atoms with Gasteiger partial charge in [-0.2, -0.15) is 0 Å². The summed E-state index contributed by atoms with van der Waals surface area (Å²) in [6.45, 7) is 21.5. The van der Waals surface area contributed by atoms with Gasteiger partial charge < -0.3 is 19.8 Å². The molecule has 3 fully saturated rings. The van der Waals surface area contributed by atoms with Crippen molar-refractivity contribution in [2.45, 2.75) is 88.3 Å². The number of hydrogen-bond acceptors (Lipinski definition) is 5. The van der Waals surface area contributed by atoms with Crippen LogP contribution in [0.3, 0.4) is 0 Å². The molecule has 7 nitrogen and oxygen atoms in total. The molecule has 8 heteroatoms. The molecule has 1 aromatic rings. The highest BCUT2D eigenvalue weighted by Crippen LogP contribution is 2.71. The highest BCUT2D eigenvalue weighted by Gasteiger charge is 2.77. The van der Waals surface area contributed by atoms with Crippen molar-refractivity contribution in [3.05, 3.63) is 55.6 Å². The first kappa shape index (κ1) is 32.3. The zero-order chi connectivity index (χ0) is 31.1. The van der Waals surface area contributed by atoms with Gasteiger partial charge in [0.2, 0.25) is 17.7 Å². The van der Waals surface area contributed by atoms with Crippen molar-refractivity contribution < 1.29 is 19.5 Å². The molecule has 2 unspecified atom stereocenters. The third kappa shape index (κ3) is 5.57. The lowest BCUT2D eigenvalue weighted by Crippen LogP contribution is -2.60. The van der Waals surface area contributed by atoms with Crippen molar-refractivity contribution >= 4 is 35.2 Å². The summed E-state index contributed by atoms with van der Waals surface area (Å²) in [7, 11) is 0. The molecule has 0 aromatic heterocycles. The second kappa shape index (κ2) is 11.8. The van der Waals surface area contributed by atoms with E-state index in [9.17, 15) is 19.5 Å². The molecule has 0 radical (unpaired) electrons. The minimum absolute atomic E-state index is 0.0241. The maximum absolute atomic E-state index is 14.9. The van der Waals surface area contributed by atoms with Gasteiger partial charge in [-0.25, -0.2) is 0 Å². The van der Waals surface area contributed by atoms with Crippen molar-refractivity contribution in [1.29, 1.82) is 0 Å². The smallest absolute Gasteiger partial charge is 0.247 e. The lowest BCUT2D eigenvalue weighted by Gasteiger charge is -2.46. The first-order valence-electron chi connectivity index (χ1n) is 15.2. The third-order valence-corrected chi connectivity index (χ3v) is 11.2. The maximum atomic E-state index is 14.9. The van der Waals surface area contributed by atoms with Crippen LogP contribution >= 0.6 is 11.8 Å². The predicted molar refractivity (Wildman–Crippen MR) is 171 cm³/mol. The fraction of sp³-hybridized carbons (Fsp3) is 0.618. The Hall–Kier alpha value is -2.58. The van der Waals surface area contributed by atoms with E-state index in [2.05, 4.69) is 54.7 Å². The first-order valence-corrected chi connectivity index (χ1v) is 16.0. The zero-order valence-corrected chi connectivity index (χ0v) is 27.1. The first-order chi connectivity index (χ1) is 19.7. The number of amides is 3. The minimum atomic E-state index is -0.716. The molecule has 3 heterocycles. The monoisotopic (exact) mass is 595 g/mol. The highest BCUT2D eigenvalue weighted by molar-refractivity contribution is 8.02. The number of para-hydroxylation sites is 1. The van der Waals surface area contributed by atoms with E-state index in [1.807, 2.05) is 35.2 Å². The SMILES string of the molecule is C=CCN(C(=O)[C@@H]1[C@H]2C(=O)N(CCCO)C(C(=O)N(CC=C)C(C)(C)CC(C)(C)C)C23CC[C@@]1(C)S3)c1ccccc1. The molecule has 0 saturated carbocycles. The van der Waals surface area contributed by atoms with Crippen LogP contribution in [0.25, 0.3) is 0 Å². The summed E-state index contributed by atoms with van der Waals surface area (Å²) in [5, 5.41) is 9.74. The molecule has 230 valence electrons. The van der Waals surface area contributed by atoms with Gasteiger partial charge in [-0.05, 0) is 64.0 Å². The average Bonchev–Trinajstić information content (AvgIpc) is 3.48. The predicted octanol–water partition coefficient (Wildman–Crippen LogP) is 5.30. The molecule has 1 aromatic carbocycles. The number of aliphatic hydroxyl groups excluding tert-OH is 1. The minimum Gasteiger partial charge on any atom is -0.396 e. The number of likely N-dealkylation sites (tertiary alicyclic amines) is 1. The van der Waals surface area contributed by atoms with Crippen LogP contribution in [0.5, 0.6) is 0 Å². The second-order valence-corrected chi connectivity index (χ2v) is 16.1. The maximum Gasteiger partial charge on any atom is 0.247 e. The van der Waals surface area contributed by atoms with Crippen LogP contribution in [0.1, 0.15) is 67.2 Å². The van der Waals surface area contributed by atoms with E-state index in [1.54, 1.807) is 33.7 Å². The van der Waals surface area contributed by atoms with Crippen molar-refractivity contribution in [2.75, 3.05) is 31.1 Å². The molecular weight excluding hydrogens is 546 g/mol. The Morgan fingerprint density at radius 2 is 1.71 bits per heavy atom. The summed E-state index contributed by atoms with van der Waals surface area (Å²) in [6, 6.07) is 8.81. The standard InChI is InChI=1S/C34H49N3O4S/c1-9-19-35(24-15-12-11-13-16-24)28(39)25-26-29(40)36(21-14-22-38)27(34(26)18-17-33(25,8)42-34)30(41)37(20-10-2)32(6,7)23-31(3,4)5/h9-13,15-16,25-27,38H,1-2,14,17-23H2,3-8H3/t25-,26-,27?,33+,34?/m0/s1. The molecule has 1 N–H and O–H groups in total. The van der Waals surface area contributed by atoms with Gasteiger partial charge in [0.25, 0.3) is 0 Å². The second-order valence-electron chi connectivity index (χ2n) is 14.2. The zero-order valence-electron chi connectivity index (χ0n) is 26.3. The lowest BCUT2D eigenvalue weighted by atomic mass is 9.66. The topological polar surface area (TPSA) is 81.2 Å². The molecular formula is C34H49N3O4S. The van der Waals surface area contributed by atoms with Crippen LogP contribution in [0, 0.1) is 17.3 Å². The van der Waals surface area contributed by atoms with Gasteiger partial charge in [0.1, 0.15) is 6.04 Å². The van der Waals surface area contributed by atoms with E-state index in [0.717, 1.165) is 18.5 Å². The van der Waals surface area contributed by atoms with Gasteiger partial charge >= 0.3 is 0 Å².